The predicted octanol–water partition coefficient (Wildman–Crippen LogP) is 2.00. The van der Waals surface area contributed by atoms with Gasteiger partial charge in [0, 0.05) is 12.5 Å². The molecule has 0 saturated carbocycles. The summed E-state index contributed by atoms with van der Waals surface area (Å²) in [5, 5.41) is 20.4. The van der Waals surface area contributed by atoms with Crippen molar-refractivity contribution >= 4 is 17.0 Å². The van der Waals surface area contributed by atoms with Gasteiger partial charge in [-0.1, -0.05) is 23.5 Å². The number of aromatic nitrogens is 2. The summed E-state index contributed by atoms with van der Waals surface area (Å²) in [5.41, 5.74) is 5.99. The Bertz CT molecular complexity index is 555. The Hall–Kier alpha value is -1.86. The molecule has 18 heavy (non-hydrogen) atoms. The highest BCUT2D eigenvalue weighted by molar-refractivity contribution is 7.14. The van der Waals surface area contributed by atoms with Crippen molar-refractivity contribution in [2.75, 3.05) is 6.54 Å². The number of nitro benzene ring substituents is 1. The monoisotopic (exact) mass is 264 g/mol. The highest BCUT2D eigenvalue weighted by Crippen LogP contribution is 2.31. The van der Waals surface area contributed by atoms with Gasteiger partial charge < -0.3 is 5.73 Å². The Morgan fingerprint density at radius 3 is 2.83 bits per heavy atom. The minimum Gasteiger partial charge on any atom is -0.330 e. The molecule has 2 aromatic rings. The molecule has 0 aliphatic carbocycles. The molecule has 6 nitrogen and oxygen atoms in total. The van der Waals surface area contributed by atoms with E-state index in [0.717, 1.165) is 17.8 Å². The molecular formula is C11H12N4O2S. The molecule has 0 fully saturated rings. The maximum Gasteiger partial charge on any atom is 0.279 e. The molecule has 0 amide bonds. The van der Waals surface area contributed by atoms with Crippen LogP contribution in [0.4, 0.5) is 5.69 Å². The molecule has 0 radical (unpaired) electrons. The summed E-state index contributed by atoms with van der Waals surface area (Å²) in [6.45, 7) is 0.598. The van der Waals surface area contributed by atoms with Crippen LogP contribution in [0.5, 0.6) is 0 Å². The highest BCUT2D eigenvalue weighted by Gasteiger charge is 2.17. The Balaban J connectivity index is 2.31. The van der Waals surface area contributed by atoms with Gasteiger partial charge in [-0.2, -0.15) is 0 Å². The summed E-state index contributed by atoms with van der Waals surface area (Å²) in [4.78, 5) is 10.5. The second kappa shape index (κ2) is 5.65. The van der Waals surface area contributed by atoms with Gasteiger partial charge in [-0.05, 0) is 19.0 Å². The van der Waals surface area contributed by atoms with Crippen molar-refractivity contribution in [1.29, 1.82) is 0 Å². The molecule has 2 rings (SSSR count). The summed E-state index contributed by atoms with van der Waals surface area (Å²) in [6, 6.07) is 6.54. The largest absolute Gasteiger partial charge is 0.330 e. The first-order valence-corrected chi connectivity index (χ1v) is 6.30. The second-order valence-electron chi connectivity index (χ2n) is 3.67. The van der Waals surface area contributed by atoms with Crippen LogP contribution in [-0.2, 0) is 6.42 Å². The number of rotatable bonds is 5. The lowest BCUT2D eigenvalue weighted by Gasteiger charge is -1.97. The maximum absolute atomic E-state index is 10.9. The smallest absolute Gasteiger partial charge is 0.279 e. The van der Waals surface area contributed by atoms with Crippen LogP contribution in [0.25, 0.3) is 10.6 Å². The van der Waals surface area contributed by atoms with Crippen molar-refractivity contribution < 1.29 is 4.92 Å². The van der Waals surface area contributed by atoms with Crippen LogP contribution in [0, 0.1) is 10.1 Å². The molecule has 0 unspecified atom stereocenters. The summed E-state index contributed by atoms with van der Waals surface area (Å²) < 4.78 is 0. The van der Waals surface area contributed by atoms with E-state index in [1.807, 2.05) is 0 Å². The highest BCUT2D eigenvalue weighted by atomic mass is 32.1. The fraction of sp³-hybridized carbons (Fsp3) is 0.273. The maximum atomic E-state index is 10.9. The third-order valence-corrected chi connectivity index (χ3v) is 3.41. The van der Waals surface area contributed by atoms with E-state index in [0.29, 0.717) is 17.1 Å². The van der Waals surface area contributed by atoms with Crippen molar-refractivity contribution in [2.24, 2.45) is 5.73 Å². The first-order valence-electron chi connectivity index (χ1n) is 5.48. The van der Waals surface area contributed by atoms with Crippen LogP contribution in [0.15, 0.2) is 24.3 Å². The van der Waals surface area contributed by atoms with E-state index in [9.17, 15) is 10.1 Å². The number of benzene rings is 1. The van der Waals surface area contributed by atoms with Crippen molar-refractivity contribution in [1.82, 2.24) is 10.2 Å². The molecule has 0 aliphatic rings. The molecule has 1 aromatic heterocycles. The molecule has 1 heterocycles. The van der Waals surface area contributed by atoms with Gasteiger partial charge >= 0.3 is 0 Å². The Labute approximate surface area is 108 Å². The Morgan fingerprint density at radius 1 is 1.33 bits per heavy atom. The minimum atomic E-state index is -0.406. The number of hydrogen-bond acceptors (Lipinski definition) is 6. The number of aryl methyl sites for hydroxylation is 1. The molecule has 0 saturated heterocycles. The van der Waals surface area contributed by atoms with Gasteiger partial charge in [0.15, 0.2) is 5.01 Å². The van der Waals surface area contributed by atoms with Crippen LogP contribution < -0.4 is 5.73 Å². The molecule has 94 valence electrons. The predicted molar refractivity (Wildman–Crippen MR) is 69.4 cm³/mol. The van der Waals surface area contributed by atoms with Crippen molar-refractivity contribution in [3.05, 3.63) is 39.4 Å². The quantitative estimate of drug-likeness (QED) is 0.658. The number of nitrogens with two attached hydrogens (primary N) is 1. The zero-order valence-corrected chi connectivity index (χ0v) is 10.4. The normalized spacial score (nSPS) is 10.5. The second-order valence-corrected chi connectivity index (χ2v) is 4.73. The van der Waals surface area contributed by atoms with E-state index in [-0.39, 0.29) is 5.69 Å². The van der Waals surface area contributed by atoms with E-state index >= 15 is 0 Å². The van der Waals surface area contributed by atoms with Crippen molar-refractivity contribution in [2.45, 2.75) is 12.8 Å². The Kier molecular flexibility index (Phi) is 3.96. The fourth-order valence-electron chi connectivity index (χ4n) is 1.53. The molecule has 2 N–H and O–H groups in total. The number of nitro groups is 1. The lowest BCUT2D eigenvalue weighted by atomic mass is 10.2. The summed E-state index contributed by atoms with van der Waals surface area (Å²) in [7, 11) is 0. The zero-order valence-electron chi connectivity index (χ0n) is 9.57. The first kappa shape index (κ1) is 12.6. The van der Waals surface area contributed by atoms with E-state index in [4.69, 9.17) is 5.73 Å². The summed E-state index contributed by atoms with van der Waals surface area (Å²) in [5.74, 6) is 0. The van der Waals surface area contributed by atoms with Crippen LogP contribution in [0.2, 0.25) is 0 Å². The number of hydrogen-bond donors (Lipinski definition) is 1. The van der Waals surface area contributed by atoms with Gasteiger partial charge in [-0.15, -0.1) is 10.2 Å². The van der Waals surface area contributed by atoms with Gasteiger partial charge in [0.1, 0.15) is 5.01 Å². The number of nitrogens with zero attached hydrogens (tertiary/aromatic N) is 3. The third kappa shape index (κ3) is 2.69. The first-order chi connectivity index (χ1) is 8.72. The van der Waals surface area contributed by atoms with E-state index in [1.54, 1.807) is 18.2 Å². The van der Waals surface area contributed by atoms with E-state index in [1.165, 1.54) is 17.4 Å². The van der Waals surface area contributed by atoms with Gasteiger partial charge in [-0.25, -0.2) is 0 Å². The van der Waals surface area contributed by atoms with Crippen LogP contribution in [0.1, 0.15) is 11.4 Å². The van der Waals surface area contributed by atoms with Gasteiger partial charge in [-0.3, -0.25) is 10.1 Å². The molecule has 7 heteroatoms. The summed E-state index contributed by atoms with van der Waals surface area (Å²) in [6.07, 6.45) is 1.60. The van der Waals surface area contributed by atoms with Crippen molar-refractivity contribution in [3.63, 3.8) is 0 Å². The van der Waals surface area contributed by atoms with Gasteiger partial charge in [0.25, 0.3) is 5.69 Å². The van der Waals surface area contributed by atoms with Crippen LogP contribution in [0.3, 0.4) is 0 Å². The third-order valence-electron chi connectivity index (χ3n) is 2.39. The molecule has 0 atom stereocenters. The lowest BCUT2D eigenvalue weighted by molar-refractivity contribution is -0.384. The number of para-hydroxylation sites is 1. The fourth-order valence-corrected chi connectivity index (χ4v) is 2.45. The molecule has 0 aliphatic heterocycles. The van der Waals surface area contributed by atoms with Crippen molar-refractivity contribution in [3.8, 4) is 10.6 Å². The lowest BCUT2D eigenvalue weighted by Crippen LogP contribution is -1.99. The average Bonchev–Trinajstić information content (AvgIpc) is 2.85. The van der Waals surface area contributed by atoms with Gasteiger partial charge in [0.05, 0.1) is 10.5 Å². The van der Waals surface area contributed by atoms with Crippen LogP contribution >= 0.6 is 11.3 Å². The topological polar surface area (TPSA) is 94.9 Å². The molecule has 0 bridgehead atoms. The molecule has 0 spiro atoms. The van der Waals surface area contributed by atoms with E-state index < -0.39 is 4.92 Å². The molecular weight excluding hydrogens is 252 g/mol. The Morgan fingerprint density at radius 2 is 2.11 bits per heavy atom. The standard InChI is InChI=1S/C11H12N4O2S/c12-7-3-6-10-13-14-11(18-10)8-4-1-2-5-9(8)15(16)17/h1-2,4-5H,3,6-7,12H2. The molecule has 1 aromatic carbocycles. The average molecular weight is 264 g/mol. The minimum absolute atomic E-state index is 0.0547. The SMILES string of the molecule is NCCCc1nnc(-c2ccccc2[N+](=O)[O-])s1. The van der Waals surface area contributed by atoms with Gasteiger partial charge in [0.2, 0.25) is 0 Å². The zero-order chi connectivity index (χ0) is 13.0. The van der Waals surface area contributed by atoms with Crippen LogP contribution in [-0.4, -0.2) is 21.7 Å². The summed E-state index contributed by atoms with van der Waals surface area (Å²) >= 11 is 1.38. The van der Waals surface area contributed by atoms with E-state index in [2.05, 4.69) is 10.2 Å².